The highest BCUT2D eigenvalue weighted by Gasteiger charge is 2.54. The molecule has 1 aromatic rings. The summed E-state index contributed by atoms with van der Waals surface area (Å²) in [4.78, 5) is 17.1. The van der Waals surface area contributed by atoms with Crippen LogP contribution in [0.1, 0.15) is 62.2 Å². The van der Waals surface area contributed by atoms with Crippen LogP contribution in [0.15, 0.2) is 17.5 Å². The van der Waals surface area contributed by atoms with E-state index in [9.17, 15) is 4.79 Å². The molecule has 5 fully saturated rings. The molecule has 4 heteroatoms. The van der Waals surface area contributed by atoms with E-state index in [2.05, 4.69) is 27.7 Å². The van der Waals surface area contributed by atoms with Crippen molar-refractivity contribution < 1.29 is 4.79 Å². The molecule has 0 unspecified atom stereocenters. The van der Waals surface area contributed by atoms with Crippen LogP contribution in [0.5, 0.6) is 0 Å². The maximum atomic E-state index is 13.0. The van der Waals surface area contributed by atoms with Gasteiger partial charge in [-0.05, 0) is 99.6 Å². The zero-order valence-corrected chi connectivity index (χ0v) is 16.6. The Morgan fingerprint density at radius 3 is 2.35 bits per heavy atom. The van der Waals surface area contributed by atoms with Crippen LogP contribution in [0, 0.1) is 23.2 Å². The van der Waals surface area contributed by atoms with Gasteiger partial charge in [0.05, 0.1) is 0 Å². The lowest BCUT2D eigenvalue weighted by molar-refractivity contribution is -0.146. The standard InChI is InChI=1S/C22H32N2OS/c25-21(22-13-16-10-17(14-22)12-18(11-16)15-22)23-5-8-24-6-3-19(4-7-24)20-2-1-9-26-20/h1-2,9,16-19H,3-8,10-15H2,(H,23,25). The smallest absolute Gasteiger partial charge is 0.226 e. The summed E-state index contributed by atoms with van der Waals surface area (Å²) in [7, 11) is 0. The third-order valence-electron chi connectivity index (χ3n) is 7.77. The van der Waals surface area contributed by atoms with Crippen molar-refractivity contribution >= 4 is 17.2 Å². The van der Waals surface area contributed by atoms with Crippen molar-refractivity contribution in [1.29, 1.82) is 0 Å². The molecule has 0 spiro atoms. The van der Waals surface area contributed by atoms with E-state index < -0.39 is 0 Å². The molecular weight excluding hydrogens is 340 g/mol. The molecule has 5 aliphatic rings. The summed E-state index contributed by atoms with van der Waals surface area (Å²) in [5.41, 5.74) is 0.0148. The number of carbonyl (C=O) groups is 1. The normalized spacial score (nSPS) is 37.2. The molecule has 4 bridgehead atoms. The Morgan fingerprint density at radius 1 is 1.12 bits per heavy atom. The number of piperidine rings is 1. The topological polar surface area (TPSA) is 32.3 Å². The van der Waals surface area contributed by atoms with E-state index in [4.69, 9.17) is 0 Å². The maximum Gasteiger partial charge on any atom is 0.226 e. The number of hydrogen-bond acceptors (Lipinski definition) is 3. The maximum absolute atomic E-state index is 13.0. The molecule has 1 saturated heterocycles. The quantitative estimate of drug-likeness (QED) is 0.837. The largest absolute Gasteiger partial charge is 0.354 e. The highest BCUT2D eigenvalue weighted by molar-refractivity contribution is 7.10. The molecule has 0 aromatic carbocycles. The van der Waals surface area contributed by atoms with E-state index in [0.717, 1.165) is 36.8 Å². The summed E-state index contributed by atoms with van der Waals surface area (Å²) < 4.78 is 0. The first-order chi connectivity index (χ1) is 12.7. The molecule has 1 aromatic heterocycles. The molecule has 1 aliphatic heterocycles. The molecular formula is C22H32N2OS. The zero-order chi connectivity index (χ0) is 17.6. The minimum absolute atomic E-state index is 0.0148. The van der Waals surface area contributed by atoms with Crippen LogP contribution in [-0.4, -0.2) is 37.0 Å². The Bertz CT molecular complexity index is 597. The fourth-order valence-corrected chi connectivity index (χ4v) is 7.77. The Balaban J connectivity index is 1.08. The van der Waals surface area contributed by atoms with Gasteiger partial charge in [-0.2, -0.15) is 0 Å². The van der Waals surface area contributed by atoms with Crippen LogP contribution in [0.3, 0.4) is 0 Å². The second kappa shape index (κ2) is 6.94. The molecule has 0 radical (unpaired) electrons. The third-order valence-corrected chi connectivity index (χ3v) is 8.80. The summed E-state index contributed by atoms with van der Waals surface area (Å²) in [5, 5.41) is 5.54. The Hall–Kier alpha value is -0.870. The fourth-order valence-electron chi connectivity index (χ4n) is 6.87. The van der Waals surface area contributed by atoms with E-state index in [1.54, 1.807) is 4.88 Å². The molecule has 6 rings (SSSR count). The number of amides is 1. The van der Waals surface area contributed by atoms with Crippen molar-refractivity contribution in [1.82, 2.24) is 10.2 Å². The molecule has 0 atom stereocenters. The highest BCUT2D eigenvalue weighted by Crippen LogP contribution is 2.60. The third kappa shape index (κ3) is 3.24. The Labute approximate surface area is 161 Å². The van der Waals surface area contributed by atoms with Crippen molar-refractivity contribution in [3.8, 4) is 0 Å². The van der Waals surface area contributed by atoms with Crippen LogP contribution in [0.4, 0.5) is 0 Å². The minimum atomic E-state index is 0.0148. The number of likely N-dealkylation sites (tertiary alicyclic amines) is 1. The van der Waals surface area contributed by atoms with Crippen LogP contribution >= 0.6 is 11.3 Å². The lowest BCUT2D eigenvalue weighted by atomic mass is 9.49. The van der Waals surface area contributed by atoms with Crippen LogP contribution < -0.4 is 5.32 Å². The predicted molar refractivity (Wildman–Crippen MR) is 106 cm³/mol. The number of nitrogens with one attached hydrogen (secondary N) is 1. The lowest BCUT2D eigenvalue weighted by Crippen LogP contribution is -2.54. The molecule has 1 N–H and O–H groups in total. The molecule has 4 saturated carbocycles. The van der Waals surface area contributed by atoms with Crippen LogP contribution in [0.25, 0.3) is 0 Å². The molecule has 2 heterocycles. The van der Waals surface area contributed by atoms with Crippen molar-refractivity contribution in [2.75, 3.05) is 26.2 Å². The van der Waals surface area contributed by atoms with Gasteiger partial charge in [0.25, 0.3) is 0 Å². The summed E-state index contributed by atoms with van der Waals surface area (Å²) in [6.45, 7) is 4.21. The minimum Gasteiger partial charge on any atom is -0.354 e. The van der Waals surface area contributed by atoms with Gasteiger partial charge in [0.1, 0.15) is 0 Å². The first kappa shape index (κ1) is 17.2. The number of carbonyl (C=O) groups excluding carboxylic acids is 1. The van der Waals surface area contributed by atoms with E-state index in [-0.39, 0.29) is 5.41 Å². The number of hydrogen-bond donors (Lipinski definition) is 1. The fraction of sp³-hybridized carbons (Fsp3) is 0.773. The monoisotopic (exact) mass is 372 g/mol. The zero-order valence-electron chi connectivity index (χ0n) is 15.8. The highest BCUT2D eigenvalue weighted by atomic mass is 32.1. The van der Waals surface area contributed by atoms with Crippen molar-refractivity contribution in [3.05, 3.63) is 22.4 Å². The number of nitrogens with zero attached hydrogens (tertiary/aromatic N) is 1. The summed E-state index contributed by atoms with van der Waals surface area (Å²) in [6.07, 6.45) is 10.3. The first-order valence-corrected chi connectivity index (χ1v) is 11.6. The van der Waals surface area contributed by atoms with Gasteiger partial charge in [-0.25, -0.2) is 0 Å². The van der Waals surface area contributed by atoms with Crippen LogP contribution in [-0.2, 0) is 4.79 Å². The Kier molecular flexibility index (Phi) is 4.60. The van der Waals surface area contributed by atoms with Gasteiger partial charge in [-0.15, -0.1) is 11.3 Å². The van der Waals surface area contributed by atoms with Crippen LogP contribution in [0.2, 0.25) is 0 Å². The molecule has 142 valence electrons. The van der Waals surface area contributed by atoms with E-state index in [1.807, 2.05) is 11.3 Å². The molecule has 26 heavy (non-hydrogen) atoms. The van der Waals surface area contributed by atoms with Gasteiger partial charge in [0, 0.05) is 23.4 Å². The van der Waals surface area contributed by atoms with Gasteiger partial charge in [0.15, 0.2) is 0 Å². The Morgan fingerprint density at radius 2 is 1.77 bits per heavy atom. The van der Waals surface area contributed by atoms with E-state index in [1.165, 1.54) is 64.5 Å². The predicted octanol–water partition coefficient (Wildman–Crippen LogP) is 4.26. The summed E-state index contributed by atoms with van der Waals surface area (Å²) in [6, 6.07) is 4.46. The summed E-state index contributed by atoms with van der Waals surface area (Å²) >= 11 is 1.90. The number of rotatable bonds is 5. The van der Waals surface area contributed by atoms with Crippen molar-refractivity contribution in [2.24, 2.45) is 23.2 Å². The van der Waals surface area contributed by atoms with E-state index in [0.29, 0.717) is 5.91 Å². The first-order valence-electron chi connectivity index (χ1n) is 10.7. The van der Waals surface area contributed by atoms with E-state index >= 15 is 0 Å². The molecule has 3 nitrogen and oxygen atoms in total. The average molecular weight is 373 g/mol. The SMILES string of the molecule is O=C(NCCN1CCC(c2cccs2)CC1)C12CC3CC(CC(C3)C1)C2. The lowest BCUT2D eigenvalue weighted by Gasteiger charge is -2.55. The van der Waals surface area contributed by atoms with Gasteiger partial charge in [-0.1, -0.05) is 6.07 Å². The molecule has 1 amide bonds. The van der Waals surface area contributed by atoms with Gasteiger partial charge in [-0.3, -0.25) is 4.79 Å². The number of thiophene rings is 1. The second-order valence-electron chi connectivity index (χ2n) is 9.59. The van der Waals surface area contributed by atoms with Gasteiger partial charge >= 0.3 is 0 Å². The molecule has 4 aliphatic carbocycles. The van der Waals surface area contributed by atoms with Gasteiger partial charge < -0.3 is 10.2 Å². The van der Waals surface area contributed by atoms with Crippen molar-refractivity contribution in [3.63, 3.8) is 0 Å². The van der Waals surface area contributed by atoms with Gasteiger partial charge in [0.2, 0.25) is 5.91 Å². The van der Waals surface area contributed by atoms with Crippen molar-refractivity contribution in [2.45, 2.75) is 57.3 Å². The summed E-state index contributed by atoms with van der Waals surface area (Å²) in [5.74, 6) is 3.70. The second-order valence-corrected chi connectivity index (χ2v) is 10.6. The average Bonchev–Trinajstić information content (AvgIpc) is 3.16.